The van der Waals surface area contributed by atoms with Crippen LogP contribution in [0.25, 0.3) is 16.9 Å². The molecule has 0 saturated heterocycles. The first-order chi connectivity index (χ1) is 17.0. The first-order valence-corrected chi connectivity index (χ1v) is 11.7. The fourth-order valence-electron chi connectivity index (χ4n) is 4.45. The Hall–Kier alpha value is -3.76. The molecule has 0 spiro atoms. The third-order valence-electron chi connectivity index (χ3n) is 6.47. The maximum atomic E-state index is 10.3. The van der Waals surface area contributed by atoms with Crippen molar-refractivity contribution in [1.82, 2.24) is 29.7 Å². The summed E-state index contributed by atoms with van der Waals surface area (Å²) in [5.74, 6) is 0.652. The quantitative estimate of drug-likeness (QED) is 0.251. The second kappa shape index (κ2) is 9.47. The van der Waals surface area contributed by atoms with Gasteiger partial charge in [-0.05, 0) is 43.0 Å². The van der Waals surface area contributed by atoms with Gasteiger partial charge in [0.25, 0.3) is 0 Å². The summed E-state index contributed by atoms with van der Waals surface area (Å²) in [5, 5.41) is 22.3. The number of nitrogens with zero attached hydrogens (tertiary/aromatic N) is 6. The van der Waals surface area contributed by atoms with E-state index in [1.807, 2.05) is 28.9 Å². The van der Waals surface area contributed by atoms with Gasteiger partial charge >= 0.3 is 0 Å². The van der Waals surface area contributed by atoms with E-state index in [0.29, 0.717) is 36.8 Å². The molecule has 5 rings (SSSR count). The Morgan fingerprint density at radius 2 is 2.09 bits per heavy atom. The first kappa shape index (κ1) is 23.0. The summed E-state index contributed by atoms with van der Waals surface area (Å²) in [7, 11) is 3.31. The first-order valence-electron chi connectivity index (χ1n) is 11.7. The zero-order valence-electron chi connectivity index (χ0n) is 20.0. The fraction of sp³-hybridized carbons (Fsp3) is 0.360. The predicted octanol–water partition coefficient (Wildman–Crippen LogP) is 2.29. The molecule has 35 heavy (non-hydrogen) atoms. The van der Waals surface area contributed by atoms with Gasteiger partial charge in [-0.25, -0.2) is 9.67 Å². The average molecular weight is 475 g/mol. The van der Waals surface area contributed by atoms with Crippen LogP contribution in [0.4, 0.5) is 5.69 Å². The van der Waals surface area contributed by atoms with E-state index in [9.17, 15) is 5.11 Å². The van der Waals surface area contributed by atoms with E-state index < -0.39 is 5.60 Å². The monoisotopic (exact) mass is 474 g/mol. The molecule has 10 heteroatoms. The summed E-state index contributed by atoms with van der Waals surface area (Å²) >= 11 is 0. The molecule has 1 saturated carbocycles. The molecule has 3 heterocycles. The number of methoxy groups -OCH3 is 1. The molecule has 182 valence electrons. The van der Waals surface area contributed by atoms with Crippen molar-refractivity contribution >= 4 is 17.5 Å². The third-order valence-corrected chi connectivity index (χ3v) is 6.47. The normalized spacial score (nSPS) is 15.1. The van der Waals surface area contributed by atoms with Crippen molar-refractivity contribution in [2.24, 2.45) is 4.99 Å². The molecule has 0 bridgehead atoms. The largest absolute Gasteiger partial charge is 0.496 e. The Labute approximate surface area is 203 Å². The van der Waals surface area contributed by atoms with Crippen molar-refractivity contribution in [2.45, 2.75) is 38.0 Å². The van der Waals surface area contributed by atoms with Crippen molar-refractivity contribution in [2.75, 3.05) is 26.4 Å². The zero-order chi connectivity index (χ0) is 24.4. The highest BCUT2D eigenvalue weighted by atomic mass is 16.5. The van der Waals surface area contributed by atoms with Gasteiger partial charge in [-0.15, -0.1) is 5.10 Å². The van der Waals surface area contributed by atoms with E-state index >= 15 is 0 Å². The molecule has 0 amide bonds. The van der Waals surface area contributed by atoms with Crippen molar-refractivity contribution in [3.05, 3.63) is 59.7 Å². The van der Waals surface area contributed by atoms with E-state index in [-0.39, 0.29) is 0 Å². The van der Waals surface area contributed by atoms with Crippen LogP contribution in [-0.4, -0.2) is 62.0 Å². The second-order valence-corrected chi connectivity index (χ2v) is 9.05. The molecule has 4 N–H and O–H groups in total. The van der Waals surface area contributed by atoms with Crippen LogP contribution in [0, 0.1) is 0 Å². The maximum Gasteiger partial charge on any atom is 0.137 e. The van der Waals surface area contributed by atoms with E-state index in [2.05, 4.69) is 32.9 Å². The number of fused-ring (bicyclic) bond motifs is 1. The average Bonchev–Trinajstić information content (AvgIpc) is 3.45. The SMILES string of the molecule is CN=Cc1c(N)ccc(OC)c1-c1cn(Cc2cn3cc(CNCC4(O)CCC4)ccc3n2)nn1. The number of nitrogens with one attached hydrogen (secondary N) is 1. The van der Waals surface area contributed by atoms with Gasteiger partial charge in [0.15, 0.2) is 0 Å². The number of anilines is 1. The molecule has 0 unspecified atom stereocenters. The number of nitrogen functional groups attached to an aromatic ring is 1. The van der Waals surface area contributed by atoms with Crippen LogP contribution in [-0.2, 0) is 13.1 Å². The number of nitrogens with two attached hydrogens (primary N) is 1. The highest BCUT2D eigenvalue weighted by Gasteiger charge is 2.33. The minimum Gasteiger partial charge on any atom is -0.496 e. The van der Waals surface area contributed by atoms with E-state index in [0.717, 1.165) is 47.3 Å². The lowest BCUT2D eigenvalue weighted by atomic mass is 9.80. The maximum absolute atomic E-state index is 10.3. The predicted molar refractivity (Wildman–Crippen MR) is 135 cm³/mol. The number of pyridine rings is 1. The molecular weight excluding hydrogens is 444 g/mol. The number of benzene rings is 1. The van der Waals surface area contributed by atoms with Crippen LogP contribution in [0.15, 0.2) is 47.8 Å². The number of rotatable bonds is 9. The molecule has 1 aliphatic rings. The van der Waals surface area contributed by atoms with Crippen LogP contribution in [0.2, 0.25) is 0 Å². The molecule has 1 aliphatic carbocycles. The Morgan fingerprint density at radius 3 is 2.83 bits per heavy atom. The summed E-state index contributed by atoms with van der Waals surface area (Å²) in [5.41, 5.74) is 11.3. The standard InChI is InChI=1S/C25H30N8O2/c1-27-11-19-20(26)5-6-22(35-2)24(19)21-15-33(31-30-21)14-18-13-32-12-17(4-7-23(32)29-18)10-28-16-25(34)8-3-9-25/h4-7,11-13,15,28,34H,3,8-10,14,16,26H2,1-2H3. The van der Waals surface area contributed by atoms with Crippen molar-refractivity contribution in [3.8, 4) is 17.0 Å². The fourth-order valence-corrected chi connectivity index (χ4v) is 4.45. The van der Waals surface area contributed by atoms with Crippen LogP contribution in [0.3, 0.4) is 0 Å². The zero-order valence-corrected chi connectivity index (χ0v) is 20.0. The Bertz CT molecular complexity index is 1370. The molecule has 0 atom stereocenters. The lowest BCUT2D eigenvalue weighted by Gasteiger charge is -2.36. The molecule has 1 fully saturated rings. The van der Waals surface area contributed by atoms with Gasteiger partial charge < -0.3 is 25.3 Å². The number of aliphatic hydroxyl groups is 1. The van der Waals surface area contributed by atoms with Gasteiger partial charge in [0.05, 0.1) is 36.7 Å². The van der Waals surface area contributed by atoms with Crippen molar-refractivity contribution in [3.63, 3.8) is 0 Å². The van der Waals surface area contributed by atoms with Crippen molar-refractivity contribution in [1.29, 1.82) is 0 Å². The molecule has 0 radical (unpaired) electrons. The van der Waals surface area contributed by atoms with Crippen LogP contribution < -0.4 is 15.8 Å². The van der Waals surface area contributed by atoms with E-state index in [1.54, 1.807) is 31.1 Å². The number of aliphatic imine (C=N–C) groups is 1. The second-order valence-electron chi connectivity index (χ2n) is 9.05. The van der Waals surface area contributed by atoms with Gasteiger partial charge in [0.2, 0.25) is 0 Å². The minimum atomic E-state index is -0.525. The van der Waals surface area contributed by atoms with Gasteiger partial charge in [-0.1, -0.05) is 11.3 Å². The highest BCUT2D eigenvalue weighted by molar-refractivity contribution is 5.97. The number of imidazole rings is 1. The third kappa shape index (κ3) is 4.75. The smallest absolute Gasteiger partial charge is 0.137 e. The topological polar surface area (TPSA) is 128 Å². The van der Waals surface area contributed by atoms with E-state index in [4.69, 9.17) is 15.5 Å². The molecule has 1 aromatic carbocycles. The molecular formula is C25H30N8O2. The summed E-state index contributed by atoms with van der Waals surface area (Å²) in [6, 6.07) is 7.66. The van der Waals surface area contributed by atoms with Crippen molar-refractivity contribution < 1.29 is 9.84 Å². The highest BCUT2D eigenvalue weighted by Crippen LogP contribution is 2.34. The Kier molecular flexibility index (Phi) is 6.23. The van der Waals surface area contributed by atoms with Crippen LogP contribution >= 0.6 is 0 Å². The van der Waals surface area contributed by atoms with Gasteiger partial charge in [0, 0.05) is 50.0 Å². The number of hydrogen-bond donors (Lipinski definition) is 3. The van der Waals surface area contributed by atoms with Crippen LogP contribution in [0.5, 0.6) is 5.75 Å². The van der Waals surface area contributed by atoms with Crippen LogP contribution in [0.1, 0.15) is 36.1 Å². The van der Waals surface area contributed by atoms with Gasteiger partial charge in [0.1, 0.15) is 17.1 Å². The number of hydrogen-bond acceptors (Lipinski definition) is 8. The minimum absolute atomic E-state index is 0.469. The summed E-state index contributed by atoms with van der Waals surface area (Å²) in [6.45, 7) is 1.79. The van der Waals surface area contributed by atoms with E-state index in [1.165, 1.54) is 0 Å². The summed E-state index contributed by atoms with van der Waals surface area (Å²) in [6.07, 6.45) is 10.5. The molecule has 10 nitrogen and oxygen atoms in total. The Balaban J connectivity index is 1.33. The Morgan fingerprint density at radius 1 is 1.23 bits per heavy atom. The number of ether oxygens (including phenoxy) is 1. The molecule has 0 aliphatic heterocycles. The number of aromatic nitrogens is 5. The lowest BCUT2D eigenvalue weighted by molar-refractivity contribution is -0.0314. The molecule has 3 aromatic heterocycles. The lowest BCUT2D eigenvalue weighted by Crippen LogP contribution is -2.45. The van der Waals surface area contributed by atoms with Gasteiger partial charge in [-0.2, -0.15) is 0 Å². The summed E-state index contributed by atoms with van der Waals surface area (Å²) < 4.78 is 9.30. The van der Waals surface area contributed by atoms with Gasteiger partial charge in [-0.3, -0.25) is 4.99 Å². The molecule has 4 aromatic rings. The summed E-state index contributed by atoms with van der Waals surface area (Å²) in [4.78, 5) is 8.84.